The number of oxazole rings is 1. The number of H-pyrrole nitrogens is 1. The van der Waals surface area contributed by atoms with Gasteiger partial charge in [0.05, 0.1) is 42.6 Å². The number of nitrogens with one attached hydrogen (secondary N) is 1. The molecule has 0 unspecified atom stereocenters. The summed E-state index contributed by atoms with van der Waals surface area (Å²) in [4.78, 5) is 27.4. The first-order valence-electron chi connectivity index (χ1n) is 10.0. The summed E-state index contributed by atoms with van der Waals surface area (Å²) >= 11 is 0. The third-order valence-corrected chi connectivity index (χ3v) is 5.76. The van der Waals surface area contributed by atoms with Crippen LogP contribution in [0.15, 0.2) is 53.5 Å². The lowest BCUT2D eigenvalue weighted by molar-refractivity contribution is 0.0669. The number of benzene rings is 1. The van der Waals surface area contributed by atoms with Crippen LogP contribution in [0.1, 0.15) is 33.7 Å². The summed E-state index contributed by atoms with van der Waals surface area (Å²) in [5.41, 5.74) is 3.05. The summed E-state index contributed by atoms with van der Waals surface area (Å²) in [6.45, 7) is 0.410. The second-order valence-corrected chi connectivity index (χ2v) is 7.51. The number of ether oxygens (including phenoxy) is 1. The number of fused-ring (bicyclic) bond motifs is 3. The third kappa shape index (κ3) is 2.69. The van der Waals surface area contributed by atoms with Crippen LogP contribution in [0.3, 0.4) is 0 Å². The van der Waals surface area contributed by atoms with Crippen molar-refractivity contribution in [3.8, 4) is 5.75 Å². The van der Waals surface area contributed by atoms with Gasteiger partial charge in [-0.2, -0.15) is 5.10 Å². The fourth-order valence-electron chi connectivity index (χ4n) is 4.20. The molecule has 1 N–H and O–H groups in total. The van der Waals surface area contributed by atoms with E-state index in [-0.39, 0.29) is 17.4 Å². The standard InChI is InChI=1S/C22H17FN6O3/c1-31-12-5-6-17-13(9-26-29(17)10-12)22(30)28-8-7-15-18(25-11-24-15)19(28)21-27-16-4-2-3-14(23)20(16)32-21/h2-6,9-11,19H,7-8H2,1H3,(H,24,25)/t19-/m0/s1. The van der Waals surface area contributed by atoms with E-state index in [4.69, 9.17) is 9.15 Å². The van der Waals surface area contributed by atoms with Gasteiger partial charge in [0, 0.05) is 18.7 Å². The highest BCUT2D eigenvalue weighted by molar-refractivity contribution is 6.01. The predicted molar refractivity (Wildman–Crippen MR) is 111 cm³/mol. The molecule has 0 aliphatic carbocycles. The Morgan fingerprint density at radius 2 is 2.22 bits per heavy atom. The Labute approximate surface area is 180 Å². The molecule has 0 fully saturated rings. The number of hydrogen-bond acceptors (Lipinski definition) is 6. The number of carbonyl (C=O) groups is 1. The molecule has 1 amide bonds. The summed E-state index contributed by atoms with van der Waals surface area (Å²) in [6, 6.07) is 7.42. The number of hydrogen-bond donors (Lipinski definition) is 1. The number of aromatic amines is 1. The monoisotopic (exact) mass is 432 g/mol. The maximum absolute atomic E-state index is 14.3. The van der Waals surface area contributed by atoms with E-state index in [1.807, 2.05) is 0 Å². The highest BCUT2D eigenvalue weighted by Gasteiger charge is 2.38. The number of methoxy groups -OCH3 is 1. The van der Waals surface area contributed by atoms with Crippen molar-refractivity contribution in [2.45, 2.75) is 12.5 Å². The number of rotatable bonds is 3. The molecule has 0 bridgehead atoms. The zero-order chi connectivity index (χ0) is 21.8. The summed E-state index contributed by atoms with van der Waals surface area (Å²) in [7, 11) is 1.57. The molecule has 160 valence electrons. The topological polar surface area (TPSA) is 102 Å². The van der Waals surface area contributed by atoms with Gasteiger partial charge in [-0.05, 0) is 24.3 Å². The summed E-state index contributed by atoms with van der Waals surface area (Å²) in [6.07, 6.45) is 5.41. The van der Waals surface area contributed by atoms with Crippen molar-refractivity contribution in [3.05, 3.63) is 77.7 Å². The van der Waals surface area contributed by atoms with Crippen molar-refractivity contribution in [2.75, 3.05) is 13.7 Å². The summed E-state index contributed by atoms with van der Waals surface area (Å²) in [5, 5.41) is 4.30. The Morgan fingerprint density at radius 1 is 1.31 bits per heavy atom. The number of halogens is 1. The second-order valence-electron chi connectivity index (χ2n) is 7.51. The highest BCUT2D eigenvalue weighted by Crippen LogP contribution is 2.36. The number of nitrogens with zero attached hydrogens (tertiary/aromatic N) is 5. The van der Waals surface area contributed by atoms with E-state index < -0.39 is 11.9 Å². The van der Waals surface area contributed by atoms with Gasteiger partial charge in [0.1, 0.15) is 11.3 Å². The predicted octanol–water partition coefficient (Wildman–Crippen LogP) is 3.13. The summed E-state index contributed by atoms with van der Waals surface area (Å²) < 4.78 is 26.9. The lowest BCUT2D eigenvalue weighted by Gasteiger charge is -2.32. The minimum atomic E-state index is -0.697. The Balaban J connectivity index is 1.47. The van der Waals surface area contributed by atoms with E-state index in [1.165, 1.54) is 12.3 Å². The maximum atomic E-state index is 14.3. The van der Waals surface area contributed by atoms with Gasteiger partial charge in [-0.25, -0.2) is 18.9 Å². The Bertz CT molecular complexity index is 1490. The van der Waals surface area contributed by atoms with Crippen molar-refractivity contribution < 1.29 is 18.3 Å². The number of pyridine rings is 1. The second kappa shape index (κ2) is 6.91. The van der Waals surface area contributed by atoms with Crippen molar-refractivity contribution in [1.29, 1.82) is 0 Å². The normalized spacial score (nSPS) is 15.9. The molecule has 32 heavy (non-hydrogen) atoms. The molecule has 0 spiro atoms. The number of aromatic nitrogens is 5. The average Bonchev–Trinajstić information content (AvgIpc) is 3.55. The molecule has 9 nitrogen and oxygen atoms in total. The molecule has 1 atom stereocenters. The fourth-order valence-corrected chi connectivity index (χ4v) is 4.20. The molecule has 4 aromatic heterocycles. The molecular weight excluding hydrogens is 415 g/mol. The van der Waals surface area contributed by atoms with E-state index in [0.717, 1.165) is 5.69 Å². The van der Waals surface area contributed by atoms with Crippen LogP contribution in [0.25, 0.3) is 16.6 Å². The molecule has 1 aromatic carbocycles. The molecule has 5 heterocycles. The van der Waals surface area contributed by atoms with Crippen LogP contribution in [-0.2, 0) is 6.42 Å². The van der Waals surface area contributed by atoms with Crippen LogP contribution in [0, 0.1) is 5.82 Å². The lowest BCUT2D eigenvalue weighted by Crippen LogP contribution is -2.40. The molecule has 5 aromatic rings. The molecule has 1 aliphatic rings. The zero-order valence-electron chi connectivity index (χ0n) is 16.9. The maximum Gasteiger partial charge on any atom is 0.258 e. The largest absolute Gasteiger partial charge is 0.495 e. The molecule has 0 saturated carbocycles. The van der Waals surface area contributed by atoms with Gasteiger partial charge >= 0.3 is 0 Å². The van der Waals surface area contributed by atoms with Gasteiger partial charge in [0.25, 0.3) is 5.91 Å². The number of carbonyl (C=O) groups excluding carboxylic acids is 1. The van der Waals surface area contributed by atoms with Gasteiger partial charge < -0.3 is 19.0 Å². The van der Waals surface area contributed by atoms with Crippen LogP contribution in [-0.4, -0.2) is 49.0 Å². The first kappa shape index (κ1) is 18.6. The van der Waals surface area contributed by atoms with Crippen molar-refractivity contribution >= 4 is 22.5 Å². The quantitative estimate of drug-likeness (QED) is 0.470. The first-order valence-corrected chi connectivity index (χ1v) is 10.0. The summed E-state index contributed by atoms with van der Waals surface area (Å²) in [5.74, 6) is 0.0927. The van der Waals surface area contributed by atoms with E-state index in [9.17, 15) is 9.18 Å². The van der Waals surface area contributed by atoms with Crippen LogP contribution in [0.5, 0.6) is 5.75 Å². The van der Waals surface area contributed by atoms with E-state index in [1.54, 1.807) is 53.3 Å². The minimum absolute atomic E-state index is 0.0561. The lowest BCUT2D eigenvalue weighted by atomic mass is 10.0. The Hall–Kier alpha value is -4.21. The van der Waals surface area contributed by atoms with Crippen molar-refractivity contribution in [3.63, 3.8) is 0 Å². The van der Waals surface area contributed by atoms with Gasteiger partial charge in [0.15, 0.2) is 17.4 Å². The zero-order valence-corrected chi connectivity index (χ0v) is 16.9. The van der Waals surface area contributed by atoms with Crippen molar-refractivity contribution in [1.82, 2.24) is 29.5 Å². The van der Waals surface area contributed by atoms with E-state index >= 15 is 0 Å². The van der Waals surface area contributed by atoms with E-state index in [0.29, 0.717) is 41.0 Å². The highest BCUT2D eigenvalue weighted by atomic mass is 19.1. The minimum Gasteiger partial charge on any atom is -0.495 e. The van der Waals surface area contributed by atoms with Crippen LogP contribution < -0.4 is 4.74 Å². The Morgan fingerprint density at radius 3 is 3.06 bits per heavy atom. The molecule has 10 heteroatoms. The van der Waals surface area contributed by atoms with E-state index in [2.05, 4.69) is 20.1 Å². The van der Waals surface area contributed by atoms with Gasteiger partial charge in [0.2, 0.25) is 5.89 Å². The first-order chi connectivity index (χ1) is 15.6. The molecule has 6 rings (SSSR count). The average molecular weight is 432 g/mol. The fraction of sp³-hybridized carbons (Fsp3) is 0.182. The molecule has 0 radical (unpaired) electrons. The number of para-hydroxylation sites is 1. The van der Waals surface area contributed by atoms with Crippen LogP contribution >= 0.6 is 0 Å². The van der Waals surface area contributed by atoms with Crippen LogP contribution in [0.2, 0.25) is 0 Å². The van der Waals surface area contributed by atoms with Gasteiger partial charge in [-0.1, -0.05) is 6.07 Å². The molecule has 0 saturated heterocycles. The van der Waals surface area contributed by atoms with Gasteiger partial charge in [-0.3, -0.25) is 4.79 Å². The van der Waals surface area contributed by atoms with Crippen molar-refractivity contribution in [2.24, 2.45) is 0 Å². The SMILES string of the molecule is COc1ccc2c(C(=O)N3CCc4[nH]cnc4[C@H]3c3nc4cccc(F)c4o3)cnn2c1. The van der Waals surface area contributed by atoms with Crippen LogP contribution in [0.4, 0.5) is 4.39 Å². The number of amides is 1. The molecule has 1 aliphatic heterocycles. The molecular formula is C22H17FN6O3. The third-order valence-electron chi connectivity index (χ3n) is 5.76. The Kier molecular flexibility index (Phi) is 4.00. The number of imidazole rings is 1. The smallest absolute Gasteiger partial charge is 0.258 e. The van der Waals surface area contributed by atoms with Gasteiger partial charge in [-0.15, -0.1) is 0 Å².